The molecule has 2 N–H and O–H groups in total. The number of thioether (sulfide) groups is 1. The molecule has 0 saturated heterocycles. The number of carbonyl (C=O) groups is 2. The van der Waals surface area contributed by atoms with Gasteiger partial charge in [-0.1, -0.05) is 36.4 Å². The number of hydrogen-bond donors (Lipinski definition) is 2. The Morgan fingerprint density at radius 2 is 1.56 bits per heavy atom. The van der Waals surface area contributed by atoms with E-state index in [0.717, 1.165) is 10.5 Å². The summed E-state index contributed by atoms with van der Waals surface area (Å²) in [4.78, 5) is 25.4. The second-order valence-electron chi connectivity index (χ2n) is 6.70. The quantitative estimate of drug-likeness (QED) is 0.352. The molecule has 0 bridgehead atoms. The maximum absolute atomic E-state index is 12.4. The van der Waals surface area contributed by atoms with Crippen molar-refractivity contribution in [1.29, 1.82) is 0 Å². The van der Waals surface area contributed by atoms with E-state index in [4.69, 9.17) is 9.47 Å². The topological polar surface area (TPSA) is 76.7 Å². The van der Waals surface area contributed by atoms with E-state index in [9.17, 15) is 9.59 Å². The van der Waals surface area contributed by atoms with E-state index in [2.05, 4.69) is 10.6 Å². The molecule has 3 aromatic rings. The van der Waals surface area contributed by atoms with Crippen molar-refractivity contribution in [3.63, 3.8) is 0 Å². The van der Waals surface area contributed by atoms with E-state index in [0.29, 0.717) is 22.9 Å². The van der Waals surface area contributed by atoms with Gasteiger partial charge in [0.05, 0.1) is 20.0 Å². The summed E-state index contributed by atoms with van der Waals surface area (Å²) in [6.07, 6.45) is 3.25. The van der Waals surface area contributed by atoms with E-state index >= 15 is 0 Å². The molecule has 0 saturated carbocycles. The predicted octanol–water partition coefficient (Wildman–Crippen LogP) is 5.09. The molecule has 6 nitrogen and oxygen atoms in total. The lowest BCUT2D eigenvalue weighted by Gasteiger charge is -2.10. The van der Waals surface area contributed by atoms with Gasteiger partial charge in [-0.25, -0.2) is 0 Å². The SMILES string of the molecule is COc1cc(NC(=O)CSc2cccc(NC(=O)/C=C/c3ccccc3)c2)cc(OC)c1. The molecule has 0 heterocycles. The van der Waals surface area contributed by atoms with Gasteiger partial charge in [0.1, 0.15) is 11.5 Å². The summed E-state index contributed by atoms with van der Waals surface area (Å²) in [5.74, 6) is 1.02. The summed E-state index contributed by atoms with van der Waals surface area (Å²) in [6.45, 7) is 0. The fourth-order valence-electron chi connectivity index (χ4n) is 2.81. The van der Waals surface area contributed by atoms with Crippen LogP contribution in [0.15, 0.2) is 83.8 Å². The zero-order valence-electron chi connectivity index (χ0n) is 17.8. The molecule has 0 atom stereocenters. The number of benzene rings is 3. The maximum Gasteiger partial charge on any atom is 0.248 e. The minimum absolute atomic E-state index is 0.162. The molecule has 164 valence electrons. The highest BCUT2D eigenvalue weighted by molar-refractivity contribution is 8.00. The van der Waals surface area contributed by atoms with E-state index in [1.54, 1.807) is 44.6 Å². The van der Waals surface area contributed by atoms with Crippen LogP contribution in [0.1, 0.15) is 5.56 Å². The van der Waals surface area contributed by atoms with Gasteiger partial charge in [0, 0.05) is 40.5 Å². The highest BCUT2D eigenvalue weighted by Gasteiger charge is 2.08. The van der Waals surface area contributed by atoms with Crippen molar-refractivity contribution >= 4 is 41.0 Å². The molecule has 0 aromatic heterocycles. The molecule has 0 radical (unpaired) electrons. The first kappa shape index (κ1) is 23.0. The molecule has 0 fully saturated rings. The molecule has 32 heavy (non-hydrogen) atoms. The van der Waals surface area contributed by atoms with Crippen LogP contribution in [-0.2, 0) is 9.59 Å². The number of nitrogens with one attached hydrogen (secondary N) is 2. The maximum atomic E-state index is 12.4. The van der Waals surface area contributed by atoms with Crippen molar-refractivity contribution in [3.05, 3.63) is 84.4 Å². The zero-order valence-corrected chi connectivity index (χ0v) is 18.6. The first-order chi connectivity index (χ1) is 15.6. The van der Waals surface area contributed by atoms with Crippen LogP contribution < -0.4 is 20.1 Å². The van der Waals surface area contributed by atoms with Gasteiger partial charge in [-0.3, -0.25) is 9.59 Å². The highest BCUT2D eigenvalue weighted by Crippen LogP contribution is 2.26. The Hall–Kier alpha value is -3.71. The summed E-state index contributed by atoms with van der Waals surface area (Å²) in [6, 6.07) is 22.2. The Labute approximate surface area is 191 Å². The predicted molar refractivity (Wildman–Crippen MR) is 129 cm³/mol. The molecule has 7 heteroatoms. The van der Waals surface area contributed by atoms with Gasteiger partial charge in [0.25, 0.3) is 0 Å². The van der Waals surface area contributed by atoms with Crippen molar-refractivity contribution in [1.82, 2.24) is 0 Å². The van der Waals surface area contributed by atoms with Crippen molar-refractivity contribution in [2.24, 2.45) is 0 Å². The fraction of sp³-hybridized carbons (Fsp3) is 0.120. The average Bonchev–Trinajstić information content (AvgIpc) is 2.82. The normalized spacial score (nSPS) is 10.6. The zero-order chi connectivity index (χ0) is 22.8. The molecule has 0 spiro atoms. The minimum Gasteiger partial charge on any atom is -0.497 e. The Bertz CT molecular complexity index is 1080. The highest BCUT2D eigenvalue weighted by atomic mass is 32.2. The number of hydrogen-bond acceptors (Lipinski definition) is 5. The Balaban J connectivity index is 1.54. The number of anilines is 2. The van der Waals surface area contributed by atoms with Crippen molar-refractivity contribution < 1.29 is 19.1 Å². The van der Waals surface area contributed by atoms with E-state index in [1.807, 2.05) is 48.5 Å². The summed E-state index contributed by atoms with van der Waals surface area (Å²) in [7, 11) is 3.11. The van der Waals surface area contributed by atoms with Gasteiger partial charge in [0.15, 0.2) is 0 Å². The lowest BCUT2D eigenvalue weighted by atomic mass is 10.2. The van der Waals surface area contributed by atoms with Crippen LogP contribution in [0.5, 0.6) is 11.5 Å². The largest absolute Gasteiger partial charge is 0.497 e. The average molecular weight is 449 g/mol. The number of carbonyl (C=O) groups excluding carboxylic acids is 2. The van der Waals surface area contributed by atoms with Gasteiger partial charge >= 0.3 is 0 Å². The fourth-order valence-corrected chi connectivity index (χ4v) is 3.56. The molecule has 0 aliphatic heterocycles. The molecular formula is C25H24N2O4S. The summed E-state index contributed by atoms with van der Waals surface area (Å²) in [5, 5.41) is 5.68. The van der Waals surface area contributed by atoms with Gasteiger partial charge in [0.2, 0.25) is 11.8 Å². The van der Waals surface area contributed by atoms with Crippen LogP contribution in [-0.4, -0.2) is 31.8 Å². The third kappa shape index (κ3) is 7.21. The Morgan fingerprint density at radius 1 is 0.844 bits per heavy atom. The number of amides is 2. The third-order valence-electron chi connectivity index (χ3n) is 4.33. The van der Waals surface area contributed by atoms with Crippen molar-refractivity contribution in [2.45, 2.75) is 4.90 Å². The van der Waals surface area contributed by atoms with Gasteiger partial charge < -0.3 is 20.1 Å². The van der Waals surface area contributed by atoms with Crippen LogP contribution in [0.3, 0.4) is 0 Å². The van der Waals surface area contributed by atoms with Gasteiger partial charge in [-0.15, -0.1) is 11.8 Å². The summed E-state index contributed by atoms with van der Waals surface area (Å²) < 4.78 is 10.4. The number of ether oxygens (including phenoxy) is 2. The van der Waals surface area contributed by atoms with Gasteiger partial charge in [-0.2, -0.15) is 0 Å². The minimum atomic E-state index is -0.222. The van der Waals surface area contributed by atoms with E-state index in [1.165, 1.54) is 17.8 Å². The summed E-state index contributed by atoms with van der Waals surface area (Å²) in [5.41, 5.74) is 2.21. The van der Waals surface area contributed by atoms with Crippen LogP contribution in [0.4, 0.5) is 11.4 Å². The molecule has 0 aliphatic rings. The Morgan fingerprint density at radius 3 is 2.25 bits per heavy atom. The van der Waals surface area contributed by atoms with Crippen LogP contribution in [0.2, 0.25) is 0 Å². The smallest absolute Gasteiger partial charge is 0.248 e. The second kappa shape index (κ2) is 11.6. The van der Waals surface area contributed by atoms with E-state index < -0.39 is 0 Å². The molecule has 3 rings (SSSR count). The molecular weight excluding hydrogens is 424 g/mol. The third-order valence-corrected chi connectivity index (χ3v) is 5.33. The molecule has 0 unspecified atom stereocenters. The number of rotatable bonds is 9. The Kier molecular flexibility index (Phi) is 8.34. The lowest BCUT2D eigenvalue weighted by molar-refractivity contribution is -0.114. The van der Waals surface area contributed by atoms with Crippen LogP contribution in [0.25, 0.3) is 6.08 Å². The first-order valence-electron chi connectivity index (χ1n) is 9.85. The molecule has 0 aliphatic carbocycles. The summed E-state index contributed by atoms with van der Waals surface area (Å²) >= 11 is 1.38. The second-order valence-corrected chi connectivity index (χ2v) is 7.75. The number of methoxy groups -OCH3 is 2. The monoisotopic (exact) mass is 448 g/mol. The molecule has 3 aromatic carbocycles. The van der Waals surface area contributed by atoms with Crippen LogP contribution in [0, 0.1) is 0 Å². The van der Waals surface area contributed by atoms with Crippen molar-refractivity contribution in [2.75, 3.05) is 30.6 Å². The van der Waals surface area contributed by atoms with Gasteiger partial charge in [-0.05, 0) is 29.8 Å². The van der Waals surface area contributed by atoms with E-state index in [-0.39, 0.29) is 17.6 Å². The first-order valence-corrected chi connectivity index (χ1v) is 10.8. The van der Waals surface area contributed by atoms with Crippen molar-refractivity contribution in [3.8, 4) is 11.5 Å². The lowest BCUT2D eigenvalue weighted by Crippen LogP contribution is -2.14. The van der Waals surface area contributed by atoms with Crippen LogP contribution >= 0.6 is 11.8 Å². The standard InChI is InChI=1S/C25H24N2O4S/c1-30-21-13-20(14-22(16-21)31-2)27-25(29)17-32-23-10-6-9-19(15-23)26-24(28)12-11-18-7-4-3-5-8-18/h3-16H,17H2,1-2H3,(H,26,28)(H,27,29)/b12-11+. The molecule has 2 amide bonds.